The summed E-state index contributed by atoms with van der Waals surface area (Å²) in [5, 5.41) is 11.9. The summed E-state index contributed by atoms with van der Waals surface area (Å²) in [6.07, 6.45) is 6.41. The van der Waals surface area contributed by atoms with Crippen LogP contribution in [-0.4, -0.2) is 84.7 Å². The predicted octanol–water partition coefficient (Wildman–Crippen LogP) is 1.91. The quantitative estimate of drug-likeness (QED) is 0.262. The Morgan fingerprint density at radius 1 is 1.23 bits per heavy atom. The van der Waals surface area contributed by atoms with E-state index in [9.17, 15) is 9.59 Å². The zero-order chi connectivity index (χ0) is 25.2. The van der Waals surface area contributed by atoms with E-state index in [1.54, 1.807) is 13.0 Å². The van der Waals surface area contributed by atoms with E-state index in [1.807, 2.05) is 24.0 Å². The number of rotatable bonds is 10. The van der Waals surface area contributed by atoms with Gasteiger partial charge in [0.1, 0.15) is 5.75 Å². The van der Waals surface area contributed by atoms with E-state index in [4.69, 9.17) is 15.6 Å². The van der Waals surface area contributed by atoms with Crippen LogP contribution in [0.4, 0.5) is 0 Å². The van der Waals surface area contributed by atoms with E-state index in [0.717, 1.165) is 76.0 Å². The average Bonchev–Trinajstić information content (AvgIpc) is 3.34. The van der Waals surface area contributed by atoms with Crippen LogP contribution in [0.1, 0.15) is 61.4 Å². The lowest BCUT2D eigenvalue weighted by atomic mass is 9.92. The number of carbonyl (C=O) groups excluding carboxylic acids is 2. The van der Waals surface area contributed by atoms with Crippen molar-refractivity contribution in [1.82, 2.24) is 15.1 Å². The van der Waals surface area contributed by atoms with E-state index in [1.165, 1.54) is 0 Å². The third kappa shape index (κ3) is 8.50. The molecule has 1 aromatic rings. The fourth-order valence-corrected chi connectivity index (χ4v) is 4.71. The number of guanidine groups is 1. The van der Waals surface area contributed by atoms with Crippen molar-refractivity contribution in [2.24, 2.45) is 16.6 Å². The fourth-order valence-electron chi connectivity index (χ4n) is 4.71. The molecule has 2 aliphatic rings. The van der Waals surface area contributed by atoms with Crippen LogP contribution in [0.25, 0.3) is 0 Å². The number of amides is 2. The van der Waals surface area contributed by atoms with Gasteiger partial charge >= 0.3 is 0 Å². The van der Waals surface area contributed by atoms with Crippen LogP contribution in [0.2, 0.25) is 0 Å². The number of aliphatic imine (C=N–C) groups is 1. The monoisotopic (exact) mass is 487 g/mol. The number of aliphatic hydroxyl groups is 1. The van der Waals surface area contributed by atoms with Crippen molar-refractivity contribution in [3.8, 4) is 5.75 Å². The number of benzene rings is 1. The lowest BCUT2D eigenvalue weighted by Crippen LogP contribution is -2.43. The lowest BCUT2D eigenvalue weighted by molar-refractivity contribution is -0.118. The molecule has 0 aliphatic carbocycles. The van der Waals surface area contributed by atoms with Crippen LogP contribution in [0, 0.1) is 12.8 Å². The molecule has 0 aromatic heterocycles. The summed E-state index contributed by atoms with van der Waals surface area (Å²) < 4.78 is 5.91. The van der Waals surface area contributed by atoms with Gasteiger partial charge in [0.05, 0.1) is 19.8 Å². The van der Waals surface area contributed by atoms with Crippen molar-refractivity contribution in [3.63, 3.8) is 0 Å². The number of nitrogens with zero attached hydrogens (tertiary/aromatic N) is 3. The summed E-state index contributed by atoms with van der Waals surface area (Å²) >= 11 is 0. The summed E-state index contributed by atoms with van der Waals surface area (Å²) in [5.41, 5.74) is 7.54. The Morgan fingerprint density at radius 3 is 2.60 bits per heavy atom. The number of aliphatic hydroxyl groups excluding tert-OH is 1. The van der Waals surface area contributed by atoms with Gasteiger partial charge in [-0.2, -0.15) is 4.99 Å². The molecule has 0 unspecified atom stereocenters. The third-order valence-corrected chi connectivity index (χ3v) is 6.85. The van der Waals surface area contributed by atoms with E-state index in [0.29, 0.717) is 30.6 Å². The van der Waals surface area contributed by atoms with Gasteiger partial charge in [0.25, 0.3) is 11.8 Å². The number of nitrogens with two attached hydrogens (primary N) is 1. The molecule has 9 heteroatoms. The van der Waals surface area contributed by atoms with Crippen LogP contribution in [0.5, 0.6) is 5.75 Å². The van der Waals surface area contributed by atoms with Gasteiger partial charge in [-0.3, -0.25) is 14.5 Å². The first kappa shape index (κ1) is 26.9. The minimum absolute atomic E-state index is 0.0927. The van der Waals surface area contributed by atoms with Gasteiger partial charge < -0.3 is 25.8 Å². The number of ether oxygens (including phenoxy) is 1. The Bertz CT molecular complexity index is 876. The number of nitrogens with one attached hydrogen (secondary N) is 1. The van der Waals surface area contributed by atoms with Crippen molar-refractivity contribution in [1.29, 1.82) is 0 Å². The fraction of sp³-hybridized carbons (Fsp3) is 0.654. The van der Waals surface area contributed by atoms with Crippen molar-refractivity contribution < 1.29 is 19.4 Å². The summed E-state index contributed by atoms with van der Waals surface area (Å²) in [6.45, 7) is 8.15. The highest BCUT2D eigenvalue weighted by Crippen LogP contribution is 2.23. The Balaban J connectivity index is 1.34. The van der Waals surface area contributed by atoms with Crippen molar-refractivity contribution >= 4 is 17.8 Å². The van der Waals surface area contributed by atoms with Crippen LogP contribution < -0.4 is 15.8 Å². The van der Waals surface area contributed by atoms with Crippen molar-refractivity contribution in [3.05, 3.63) is 29.3 Å². The molecule has 1 aromatic carbocycles. The number of aryl methyl sites for hydroxylation is 1. The van der Waals surface area contributed by atoms with Gasteiger partial charge in [0, 0.05) is 24.7 Å². The molecule has 4 N–H and O–H groups in total. The first-order valence-corrected chi connectivity index (χ1v) is 12.8. The van der Waals surface area contributed by atoms with Crippen LogP contribution >= 0.6 is 0 Å². The summed E-state index contributed by atoms with van der Waals surface area (Å²) in [6, 6.07) is 5.18. The third-order valence-electron chi connectivity index (χ3n) is 6.85. The van der Waals surface area contributed by atoms with Gasteiger partial charge in [-0.15, -0.1) is 0 Å². The smallest absolute Gasteiger partial charge is 0.263 e. The first-order chi connectivity index (χ1) is 16.9. The predicted molar refractivity (Wildman–Crippen MR) is 137 cm³/mol. The molecule has 194 valence electrons. The molecular formula is C26H41N5O4. The number of piperidine rings is 1. The van der Waals surface area contributed by atoms with E-state index >= 15 is 0 Å². The number of hydrogen-bond acceptors (Lipinski definition) is 5. The van der Waals surface area contributed by atoms with Gasteiger partial charge in [-0.1, -0.05) is 0 Å². The minimum Gasteiger partial charge on any atom is -0.494 e. The summed E-state index contributed by atoms with van der Waals surface area (Å²) in [7, 11) is 0. The SMILES string of the molecule is Cc1cc(OCCCC2CCN(C(N)=NC(=O)CN3CCCC3)CC2)ccc1C(=O)N[C@H](C)CO. The van der Waals surface area contributed by atoms with Gasteiger partial charge in [-0.25, -0.2) is 0 Å². The molecule has 2 fully saturated rings. The van der Waals surface area contributed by atoms with E-state index < -0.39 is 0 Å². The molecular weight excluding hydrogens is 446 g/mol. The van der Waals surface area contributed by atoms with Crippen molar-refractivity contribution in [2.75, 3.05) is 45.9 Å². The molecule has 35 heavy (non-hydrogen) atoms. The molecule has 2 aliphatic heterocycles. The second-order valence-electron chi connectivity index (χ2n) is 9.80. The Labute approximate surface area is 208 Å². The number of carbonyl (C=O) groups is 2. The molecule has 2 heterocycles. The molecule has 0 saturated carbocycles. The Hall–Kier alpha value is -2.65. The molecule has 0 spiro atoms. The van der Waals surface area contributed by atoms with E-state index in [-0.39, 0.29) is 24.5 Å². The van der Waals surface area contributed by atoms with Gasteiger partial charge in [0.2, 0.25) is 0 Å². The topological polar surface area (TPSA) is 120 Å². The summed E-state index contributed by atoms with van der Waals surface area (Å²) in [5.74, 6) is 1.39. The second-order valence-corrected chi connectivity index (χ2v) is 9.80. The van der Waals surface area contributed by atoms with Crippen molar-refractivity contribution in [2.45, 2.75) is 58.4 Å². The lowest BCUT2D eigenvalue weighted by Gasteiger charge is -2.32. The Morgan fingerprint density at radius 2 is 1.94 bits per heavy atom. The normalized spacial score (nSPS) is 18.5. The Kier molecular flexibility index (Phi) is 10.3. The highest BCUT2D eigenvalue weighted by Gasteiger charge is 2.22. The maximum atomic E-state index is 12.3. The molecule has 0 radical (unpaired) electrons. The molecule has 9 nitrogen and oxygen atoms in total. The number of likely N-dealkylation sites (tertiary alicyclic amines) is 2. The zero-order valence-corrected chi connectivity index (χ0v) is 21.2. The largest absolute Gasteiger partial charge is 0.494 e. The maximum absolute atomic E-state index is 12.3. The standard InChI is InChI=1S/C26H41N5O4/c1-19-16-22(7-8-23(19)25(34)28-20(2)18-32)35-15-5-6-21-9-13-31(14-10-21)26(27)29-24(33)17-30-11-3-4-12-30/h7-8,16,20-21,32H,3-6,9-15,17-18H2,1-2H3,(H,28,34)(H2,27,29,33)/t20-/m1/s1. The van der Waals surface area contributed by atoms with Gasteiger partial charge in [-0.05, 0) is 95.1 Å². The highest BCUT2D eigenvalue weighted by molar-refractivity contribution is 5.96. The first-order valence-electron chi connectivity index (χ1n) is 12.8. The highest BCUT2D eigenvalue weighted by atomic mass is 16.5. The summed E-state index contributed by atoms with van der Waals surface area (Å²) in [4.78, 5) is 32.7. The van der Waals surface area contributed by atoms with E-state index in [2.05, 4.69) is 15.2 Å². The molecule has 0 bridgehead atoms. The maximum Gasteiger partial charge on any atom is 0.263 e. The van der Waals surface area contributed by atoms with Crippen LogP contribution in [0.15, 0.2) is 23.2 Å². The molecule has 2 saturated heterocycles. The average molecular weight is 488 g/mol. The molecule has 1 atom stereocenters. The van der Waals surface area contributed by atoms with Crippen LogP contribution in [-0.2, 0) is 4.79 Å². The van der Waals surface area contributed by atoms with Gasteiger partial charge in [0.15, 0.2) is 5.96 Å². The van der Waals surface area contributed by atoms with Crippen LogP contribution in [0.3, 0.4) is 0 Å². The molecule has 3 rings (SSSR count). The zero-order valence-electron chi connectivity index (χ0n) is 21.2. The second kappa shape index (κ2) is 13.4. The minimum atomic E-state index is -0.282. The molecule has 2 amide bonds. The number of hydrogen-bond donors (Lipinski definition) is 3.